The van der Waals surface area contributed by atoms with Gasteiger partial charge in [-0.05, 0) is 37.1 Å². The first-order chi connectivity index (χ1) is 9.24. The second-order valence-corrected chi connectivity index (χ2v) is 4.60. The predicted molar refractivity (Wildman–Crippen MR) is 77.6 cm³/mol. The zero-order chi connectivity index (χ0) is 13.7. The molecule has 1 N–H and O–H groups in total. The topological polar surface area (TPSA) is 39.1 Å². The van der Waals surface area contributed by atoms with Crippen molar-refractivity contribution in [3.8, 4) is 5.75 Å². The van der Waals surface area contributed by atoms with E-state index in [4.69, 9.17) is 4.74 Å². The molecule has 4 nitrogen and oxygen atoms in total. The van der Waals surface area contributed by atoms with Crippen LogP contribution in [0.5, 0.6) is 5.75 Å². The van der Waals surface area contributed by atoms with Gasteiger partial charge in [-0.3, -0.25) is 4.68 Å². The SMILES string of the molecule is CCCn1nccc1CNc1ccc(C)cc1OC. The van der Waals surface area contributed by atoms with Gasteiger partial charge in [0, 0.05) is 12.7 Å². The molecule has 0 bridgehead atoms. The molecule has 0 radical (unpaired) electrons. The molecule has 0 aliphatic rings. The molecule has 0 atom stereocenters. The van der Waals surface area contributed by atoms with E-state index in [1.54, 1.807) is 7.11 Å². The van der Waals surface area contributed by atoms with Crippen LogP contribution in [0, 0.1) is 6.92 Å². The van der Waals surface area contributed by atoms with Crippen molar-refractivity contribution in [3.05, 3.63) is 41.7 Å². The Hall–Kier alpha value is -1.97. The molecule has 2 rings (SSSR count). The summed E-state index contributed by atoms with van der Waals surface area (Å²) in [6.07, 6.45) is 2.93. The summed E-state index contributed by atoms with van der Waals surface area (Å²) in [5.41, 5.74) is 3.39. The number of ether oxygens (including phenoxy) is 1. The Balaban J connectivity index is 2.07. The van der Waals surface area contributed by atoms with Gasteiger partial charge in [0.15, 0.2) is 0 Å². The van der Waals surface area contributed by atoms with E-state index >= 15 is 0 Å². The van der Waals surface area contributed by atoms with Gasteiger partial charge >= 0.3 is 0 Å². The van der Waals surface area contributed by atoms with Crippen molar-refractivity contribution in [1.29, 1.82) is 0 Å². The third kappa shape index (κ3) is 3.28. The molecular formula is C15H21N3O. The van der Waals surface area contributed by atoms with Gasteiger partial charge in [0.1, 0.15) is 5.75 Å². The first-order valence-corrected chi connectivity index (χ1v) is 6.63. The van der Waals surface area contributed by atoms with Gasteiger partial charge in [0.2, 0.25) is 0 Å². The first kappa shape index (κ1) is 13.5. The zero-order valence-corrected chi connectivity index (χ0v) is 11.8. The van der Waals surface area contributed by atoms with Gasteiger partial charge in [-0.2, -0.15) is 5.10 Å². The minimum absolute atomic E-state index is 0.749. The van der Waals surface area contributed by atoms with E-state index < -0.39 is 0 Å². The van der Waals surface area contributed by atoms with Gasteiger partial charge < -0.3 is 10.1 Å². The number of rotatable bonds is 6. The van der Waals surface area contributed by atoms with Crippen molar-refractivity contribution in [2.45, 2.75) is 33.4 Å². The van der Waals surface area contributed by atoms with Gasteiger partial charge in [-0.15, -0.1) is 0 Å². The number of aromatic nitrogens is 2. The van der Waals surface area contributed by atoms with Crippen molar-refractivity contribution in [1.82, 2.24) is 9.78 Å². The third-order valence-corrected chi connectivity index (χ3v) is 3.06. The maximum atomic E-state index is 5.39. The summed E-state index contributed by atoms with van der Waals surface area (Å²) >= 11 is 0. The lowest BCUT2D eigenvalue weighted by molar-refractivity contribution is 0.416. The highest BCUT2D eigenvalue weighted by atomic mass is 16.5. The number of anilines is 1. The first-order valence-electron chi connectivity index (χ1n) is 6.63. The lowest BCUT2D eigenvalue weighted by atomic mass is 10.2. The maximum absolute atomic E-state index is 5.39. The summed E-state index contributed by atoms with van der Waals surface area (Å²) in [7, 11) is 1.70. The fourth-order valence-electron chi connectivity index (χ4n) is 2.05. The Morgan fingerprint density at radius 1 is 1.32 bits per heavy atom. The molecule has 102 valence electrons. The van der Waals surface area contributed by atoms with Crippen LogP contribution in [0.2, 0.25) is 0 Å². The average Bonchev–Trinajstić information content (AvgIpc) is 2.85. The van der Waals surface area contributed by atoms with Gasteiger partial charge in [0.25, 0.3) is 0 Å². The molecule has 1 aromatic heterocycles. The van der Waals surface area contributed by atoms with Crippen LogP contribution >= 0.6 is 0 Å². The molecule has 0 spiro atoms. The van der Waals surface area contributed by atoms with Gasteiger partial charge in [0.05, 0.1) is 25.0 Å². The summed E-state index contributed by atoms with van der Waals surface area (Å²) in [5, 5.41) is 7.73. The van der Waals surface area contributed by atoms with Crippen LogP contribution in [-0.4, -0.2) is 16.9 Å². The van der Waals surface area contributed by atoms with Crippen LogP contribution in [0.15, 0.2) is 30.5 Å². The third-order valence-electron chi connectivity index (χ3n) is 3.06. The average molecular weight is 259 g/mol. The second kappa shape index (κ2) is 6.27. The smallest absolute Gasteiger partial charge is 0.142 e. The number of benzene rings is 1. The van der Waals surface area contributed by atoms with Crippen LogP contribution in [0.4, 0.5) is 5.69 Å². The molecule has 19 heavy (non-hydrogen) atoms. The van der Waals surface area contributed by atoms with Gasteiger partial charge in [-0.25, -0.2) is 0 Å². The molecule has 2 aromatic rings. The Morgan fingerprint density at radius 2 is 2.16 bits per heavy atom. The number of methoxy groups -OCH3 is 1. The lowest BCUT2D eigenvalue weighted by Crippen LogP contribution is -2.09. The van der Waals surface area contributed by atoms with E-state index in [2.05, 4.69) is 36.4 Å². The summed E-state index contributed by atoms with van der Waals surface area (Å²) in [6, 6.07) is 8.21. The molecule has 0 saturated carbocycles. The molecule has 0 unspecified atom stereocenters. The molecule has 0 amide bonds. The Labute approximate surface area is 114 Å². The van der Waals surface area contributed by atoms with E-state index in [1.807, 2.05) is 23.0 Å². The molecule has 1 aromatic carbocycles. The van der Waals surface area contributed by atoms with Crippen molar-refractivity contribution in [2.24, 2.45) is 0 Å². The fourth-order valence-corrected chi connectivity index (χ4v) is 2.05. The molecule has 0 aliphatic heterocycles. The van der Waals surface area contributed by atoms with Crippen LogP contribution in [-0.2, 0) is 13.1 Å². The van der Waals surface area contributed by atoms with E-state index in [0.717, 1.165) is 30.9 Å². The number of aryl methyl sites for hydroxylation is 2. The summed E-state index contributed by atoms with van der Waals surface area (Å²) in [4.78, 5) is 0. The fraction of sp³-hybridized carbons (Fsp3) is 0.400. The van der Waals surface area contributed by atoms with Crippen LogP contribution in [0.1, 0.15) is 24.6 Å². The van der Waals surface area contributed by atoms with E-state index in [9.17, 15) is 0 Å². The highest BCUT2D eigenvalue weighted by Gasteiger charge is 2.05. The van der Waals surface area contributed by atoms with Crippen LogP contribution < -0.4 is 10.1 Å². The Kier molecular flexibility index (Phi) is 4.44. The minimum atomic E-state index is 0.749. The minimum Gasteiger partial charge on any atom is -0.495 e. The van der Waals surface area contributed by atoms with E-state index in [1.165, 1.54) is 11.3 Å². The highest BCUT2D eigenvalue weighted by molar-refractivity contribution is 5.57. The molecule has 0 fully saturated rings. The maximum Gasteiger partial charge on any atom is 0.142 e. The van der Waals surface area contributed by atoms with E-state index in [0.29, 0.717) is 0 Å². The second-order valence-electron chi connectivity index (χ2n) is 4.60. The largest absolute Gasteiger partial charge is 0.495 e. The summed E-state index contributed by atoms with van der Waals surface area (Å²) < 4.78 is 7.42. The van der Waals surface area contributed by atoms with Crippen molar-refractivity contribution in [2.75, 3.05) is 12.4 Å². The lowest BCUT2D eigenvalue weighted by Gasteiger charge is -2.12. The predicted octanol–water partition coefficient (Wildman–Crippen LogP) is 3.22. The van der Waals surface area contributed by atoms with Crippen LogP contribution in [0.25, 0.3) is 0 Å². The van der Waals surface area contributed by atoms with E-state index in [-0.39, 0.29) is 0 Å². The quantitative estimate of drug-likeness (QED) is 0.865. The number of hydrogen-bond donors (Lipinski definition) is 1. The number of hydrogen-bond acceptors (Lipinski definition) is 3. The van der Waals surface area contributed by atoms with Crippen molar-refractivity contribution >= 4 is 5.69 Å². The summed E-state index contributed by atoms with van der Waals surface area (Å²) in [6.45, 7) is 5.92. The molecular weight excluding hydrogens is 238 g/mol. The van der Waals surface area contributed by atoms with Gasteiger partial charge in [-0.1, -0.05) is 13.0 Å². The molecule has 0 saturated heterocycles. The molecule has 1 heterocycles. The number of nitrogens with zero attached hydrogens (tertiary/aromatic N) is 2. The van der Waals surface area contributed by atoms with Crippen molar-refractivity contribution < 1.29 is 4.74 Å². The van der Waals surface area contributed by atoms with Crippen LogP contribution in [0.3, 0.4) is 0 Å². The molecule has 0 aliphatic carbocycles. The number of nitrogens with one attached hydrogen (secondary N) is 1. The normalized spacial score (nSPS) is 10.5. The molecule has 4 heteroatoms. The summed E-state index contributed by atoms with van der Waals surface area (Å²) in [5.74, 6) is 0.876. The Morgan fingerprint density at radius 3 is 2.89 bits per heavy atom. The van der Waals surface area contributed by atoms with Crippen molar-refractivity contribution in [3.63, 3.8) is 0 Å². The highest BCUT2D eigenvalue weighted by Crippen LogP contribution is 2.25. The Bertz CT molecular complexity index is 534. The standard InChI is InChI=1S/C15H21N3O/c1-4-9-18-13(7-8-17-18)11-16-14-6-5-12(2)10-15(14)19-3/h5-8,10,16H,4,9,11H2,1-3H3. The zero-order valence-electron chi connectivity index (χ0n) is 11.8. The monoisotopic (exact) mass is 259 g/mol.